The van der Waals surface area contributed by atoms with Gasteiger partial charge in [0, 0.05) is 25.7 Å². The monoisotopic (exact) mass is 338 g/mol. The van der Waals surface area contributed by atoms with Crippen LogP contribution in [0.2, 0.25) is 0 Å². The molecule has 1 aromatic heterocycles. The maximum atomic E-state index is 12.4. The molecule has 1 aliphatic heterocycles. The number of nitrogens with zero attached hydrogens (tertiary/aromatic N) is 1. The van der Waals surface area contributed by atoms with Gasteiger partial charge in [-0.25, -0.2) is 13.2 Å². The van der Waals surface area contributed by atoms with Crippen molar-refractivity contribution in [3.05, 3.63) is 17.9 Å². The van der Waals surface area contributed by atoms with Crippen molar-refractivity contribution in [2.45, 2.75) is 25.0 Å². The molecule has 0 radical (unpaired) electrons. The average Bonchev–Trinajstić information content (AvgIpc) is 2.89. The fourth-order valence-electron chi connectivity index (χ4n) is 2.01. The number of carbonyl (C=O) groups excluding carboxylic acids is 1. The predicted octanol–water partition coefficient (Wildman–Crippen LogP) is 0.860. The molecule has 7 nitrogen and oxygen atoms in total. The van der Waals surface area contributed by atoms with Gasteiger partial charge in [-0.15, -0.1) is 12.4 Å². The van der Waals surface area contributed by atoms with Gasteiger partial charge in [-0.3, -0.25) is 0 Å². The highest BCUT2D eigenvalue weighted by atomic mass is 35.5. The van der Waals surface area contributed by atoms with E-state index in [0.29, 0.717) is 19.6 Å². The van der Waals surface area contributed by atoms with E-state index >= 15 is 0 Å². The molecule has 120 valence electrons. The number of nitrogens with one attached hydrogen (secondary N) is 1. The molecular formula is C12H19ClN2O5S. The lowest BCUT2D eigenvalue weighted by molar-refractivity contribution is 0.0483. The van der Waals surface area contributed by atoms with Gasteiger partial charge in [0.25, 0.3) is 10.0 Å². The summed E-state index contributed by atoms with van der Waals surface area (Å²) < 4.78 is 36.0. The molecule has 1 aromatic rings. The molecule has 2 rings (SSSR count). The second-order valence-corrected chi connectivity index (χ2v) is 6.43. The Morgan fingerprint density at radius 3 is 2.86 bits per heavy atom. The maximum absolute atomic E-state index is 12.4. The zero-order chi connectivity index (χ0) is 14.8. The molecule has 0 bridgehead atoms. The summed E-state index contributed by atoms with van der Waals surface area (Å²) in [6.45, 7) is 5.12. The summed E-state index contributed by atoms with van der Waals surface area (Å²) in [4.78, 5) is 11.5. The summed E-state index contributed by atoms with van der Waals surface area (Å²) in [6, 6.07) is 2.68. The van der Waals surface area contributed by atoms with E-state index in [0.717, 1.165) is 0 Å². The van der Waals surface area contributed by atoms with Gasteiger partial charge < -0.3 is 14.5 Å². The Hall–Kier alpha value is -1.09. The molecule has 1 saturated heterocycles. The normalized spacial score (nSPS) is 19.8. The van der Waals surface area contributed by atoms with Gasteiger partial charge in [-0.05, 0) is 26.0 Å². The van der Waals surface area contributed by atoms with Crippen LogP contribution in [0, 0.1) is 0 Å². The Morgan fingerprint density at radius 1 is 1.52 bits per heavy atom. The lowest BCUT2D eigenvalue weighted by Gasteiger charge is -2.30. The molecule has 1 fully saturated rings. The van der Waals surface area contributed by atoms with Crippen molar-refractivity contribution in [2.75, 3.05) is 26.2 Å². The van der Waals surface area contributed by atoms with Crippen molar-refractivity contribution < 1.29 is 22.4 Å². The third-order valence-corrected chi connectivity index (χ3v) is 4.72. The number of hydrogen-bond acceptors (Lipinski definition) is 6. The van der Waals surface area contributed by atoms with Gasteiger partial charge in [-0.2, -0.15) is 4.31 Å². The van der Waals surface area contributed by atoms with Gasteiger partial charge in [0.05, 0.1) is 6.61 Å². The fraction of sp³-hybridized carbons (Fsp3) is 0.583. The quantitative estimate of drug-likeness (QED) is 0.819. The number of sulfonamides is 1. The Kier molecular flexibility index (Phi) is 6.21. The fourth-order valence-corrected chi connectivity index (χ4v) is 3.45. The first-order valence-electron chi connectivity index (χ1n) is 6.45. The molecule has 0 aliphatic carbocycles. The van der Waals surface area contributed by atoms with Crippen molar-refractivity contribution >= 4 is 28.4 Å². The lowest BCUT2D eigenvalue weighted by Crippen LogP contribution is -2.51. The van der Waals surface area contributed by atoms with Crippen LogP contribution >= 0.6 is 12.4 Å². The topological polar surface area (TPSA) is 88.9 Å². The zero-order valence-electron chi connectivity index (χ0n) is 11.9. The van der Waals surface area contributed by atoms with Crippen molar-refractivity contribution in [3.8, 4) is 0 Å². The second kappa shape index (κ2) is 7.26. The molecule has 1 aliphatic rings. The third-order valence-electron chi connectivity index (χ3n) is 2.98. The Morgan fingerprint density at radius 2 is 2.24 bits per heavy atom. The second-order valence-electron chi connectivity index (χ2n) is 4.56. The Balaban J connectivity index is 0.00000220. The van der Waals surface area contributed by atoms with Crippen LogP contribution in [0.4, 0.5) is 0 Å². The van der Waals surface area contributed by atoms with E-state index in [1.165, 1.54) is 16.4 Å². The minimum Gasteiger partial charge on any atom is -0.460 e. The van der Waals surface area contributed by atoms with E-state index in [2.05, 4.69) is 5.32 Å². The summed E-state index contributed by atoms with van der Waals surface area (Å²) >= 11 is 0. The number of piperazine rings is 1. The molecule has 0 amide bonds. The Labute approximate surface area is 130 Å². The lowest BCUT2D eigenvalue weighted by atomic mass is 10.3. The van der Waals surface area contributed by atoms with Crippen molar-refractivity contribution in [2.24, 2.45) is 0 Å². The van der Waals surface area contributed by atoms with Crippen LogP contribution in [0.1, 0.15) is 24.4 Å². The zero-order valence-corrected chi connectivity index (χ0v) is 13.5. The van der Waals surface area contributed by atoms with Crippen LogP contribution in [0.3, 0.4) is 0 Å². The van der Waals surface area contributed by atoms with Crippen LogP contribution in [0.15, 0.2) is 21.6 Å². The number of hydrogen-bond donors (Lipinski definition) is 1. The van der Waals surface area contributed by atoms with Gasteiger partial charge in [0.1, 0.15) is 0 Å². The minimum atomic E-state index is -3.70. The highest BCUT2D eigenvalue weighted by molar-refractivity contribution is 7.89. The average molecular weight is 339 g/mol. The molecular weight excluding hydrogens is 320 g/mol. The number of carbonyl (C=O) groups is 1. The van der Waals surface area contributed by atoms with Crippen LogP contribution in [-0.4, -0.2) is 51.0 Å². The molecule has 0 aromatic carbocycles. The number of rotatable bonds is 4. The molecule has 0 spiro atoms. The minimum absolute atomic E-state index is 0. The van der Waals surface area contributed by atoms with Crippen LogP contribution < -0.4 is 5.32 Å². The highest BCUT2D eigenvalue weighted by Gasteiger charge is 2.31. The number of ether oxygens (including phenoxy) is 1. The Bertz CT molecular complexity index is 586. The van der Waals surface area contributed by atoms with Gasteiger partial charge in [0.2, 0.25) is 10.9 Å². The number of halogens is 1. The van der Waals surface area contributed by atoms with Gasteiger partial charge in [-0.1, -0.05) is 0 Å². The molecule has 9 heteroatoms. The standard InChI is InChI=1S/C12H18N2O5S.ClH/c1-3-18-12(15)10-4-5-11(19-10)20(16,17)14-7-6-13-9(2)8-14;/h4-5,9,13H,3,6-8H2,1-2H3;1H. The molecule has 1 unspecified atom stereocenters. The summed E-state index contributed by atoms with van der Waals surface area (Å²) in [6.07, 6.45) is 0. The summed E-state index contributed by atoms with van der Waals surface area (Å²) in [5.41, 5.74) is 0. The van der Waals surface area contributed by atoms with E-state index in [-0.39, 0.29) is 35.9 Å². The van der Waals surface area contributed by atoms with E-state index in [4.69, 9.17) is 9.15 Å². The largest absolute Gasteiger partial charge is 0.460 e. The molecule has 1 atom stereocenters. The molecule has 21 heavy (non-hydrogen) atoms. The number of furan rings is 1. The van der Waals surface area contributed by atoms with Crippen LogP contribution in [-0.2, 0) is 14.8 Å². The summed E-state index contributed by atoms with van der Waals surface area (Å²) in [5, 5.41) is 2.94. The SMILES string of the molecule is CCOC(=O)c1ccc(S(=O)(=O)N2CCNC(C)C2)o1.Cl. The molecule has 1 N–H and O–H groups in total. The maximum Gasteiger partial charge on any atom is 0.374 e. The van der Waals surface area contributed by atoms with E-state index in [1.54, 1.807) is 6.92 Å². The van der Waals surface area contributed by atoms with E-state index in [9.17, 15) is 13.2 Å². The summed E-state index contributed by atoms with van der Waals surface area (Å²) in [7, 11) is -3.70. The first-order valence-corrected chi connectivity index (χ1v) is 7.89. The first-order chi connectivity index (χ1) is 9.45. The van der Waals surface area contributed by atoms with E-state index in [1.807, 2.05) is 6.92 Å². The number of esters is 1. The smallest absolute Gasteiger partial charge is 0.374 e. The summed E-state index contributed by atoms with van der Waals surface area (Å²) in [5.74, 6) is -0.767. The van der Waals surface area contributed by atoms with Crippen molar-refractivity contribution in [1.82, 2.24) is 9.62 Å². The highest BCUT2D eigenvalue weighted by Crippen LogP contribution is 2.20. The van der Waals surface area contributed by atoms with Gasteiger partial charge >= 0.3 is 5.97 Å². The molecule has 2 heterocycles. The van der Waals surface area contributed by atoms with Crippen molar-refractivity contribution in [1.29, 1.82) is 0 Å². The van der Waals surface area contributed by atoms with Gasteiger partial charge in [0.15, 0.2) is 0 Å². The third kappa shape index (κ3) is 3.97. The van der Waals surface area contributed by atoms with Crippen molar-refractivity contribution in [3.63, 3.8) is 0 Å². The van der Waals surface area contributed by atoms with Crippen LogP contribution in [0.25, 0.3) is 0 Å². The predicted molar refractivity (Wildman–Crippen MR) is 78.1 cm³/mol. The van der Waals surface area contributed by atoms with Crippen LogP contribution in [0.5, 0.6) is 0 Å². The first kappa shape index (κ1) is 18.0. The molecule has 0 saturated carbocycles. The van der Waals surface area contributed by atoms with E-state index < -0.39 is 16.0 Å².